The summed E-state index contributed by atoms with van der Waals surface area (Å²) in [7, 11) is 4.48. The van der Waals surface area contributed by atoms with Gasteiger partial charge in [0.25, 0.3) is 5.91 Å². The Bertz CT molecular complexity index is 2170. The Balaban J connectivity index is 1.89. The van der Waals surface area contributed by atoms with Crippen molar-refractivity contribution in [2.24, 2.45) is 23.7 Å². The zero-order chi connectivity index (χ0) is 49.2. The molecule has 15 nitrogen and oxygen atoms in total. The van der Waals surface area contributed by atoms with Crippen LogP contribution < -0.4 is 16.0 Å². The highest BCUT2D eigenvalue weighted by molar-refractivity contribution is 5.98. The number of nitrogens with one attached hydrogen (secondary N) is 3. The Morgan fingerprint density at radius 1 is 0.545 bits per heavy atom. The molecule has 0 radical (unpaired) electrons. The Morgan fingerprint density at radius 2 is 0.985 bits per heavy atom. The van der Waals surface area contributed by atoms with Gasteiger partial charge in [-0.1, -0.05) is 104 Å². The van der Waals surface area contributed by atoms with Crippen LogP contribution >= 0.6 is 0 Å². The van der Waals surface area contributed by atoms with Crippen LogP contribution in [0, 0.1) is 23.7 Å². The molecule has 66 heavy (non-hydrogen) atoms. The van der Waals surface area contributed by atoms with Gasteiger partial charge in [-0.3, -0.25) is 28.8 Å². The second kappa shape index (κ2) is 23.6. The number of cyclic esters (lactones) is 1. The van der Waals surface area contributed by atoms with Crippen molar-refractivity contribution >= 4 is 52.3 Å². The maximum Gasteiger partial charge on any atom is 0.329 e. The number of hydrogen-bond donors (Lipinski definition) is 3. The minimum absolute atomic E-state index is 0.0518. The molecule has 362 valence electrons. The van der Waals surface area contributed by atoms with E-state index >= 15 is 4.79 Å². The standard InChI is InChI=1S/C51H75N7O8/c1-30(2)23-39-48(62)55(11)34(9)51(65)66-35(10)45(59)52-40(24-31(3)4)49(63)56(12)43(26-33(7)8)46(60)54-41(25-32(5)6)50(64)57(13)44(47(61)53-39)27-37-29-58(28-36-19-15-14-16-20-36)42-22-18-17-21-38(37)42/h14-22,29-35,39-41,43-44H,23-28H2,1-13H3,(H,52,59)(H,53,61)(H,54,60)/t34-,35+,39-,40-,41-,43-,44-/m0/s1. The summed E-state index contributed by atoms with van der Waals surface area (Å²) in [6.45, 7) is 18.7. The number of esters is 1. The lowest BCUT2D eigenvalue weighted by Crippen LogP contribution is -2.60. The normalized spacial score (nSPS) is 24.0. The van der Waals surface area contributed by atoms with E-state index in [9.17, 15) is 28.8 Å². The molecule has 1 aromatic heterocycles. The molecule has 1 aliphatic heterocycles. The fourth-order valence-electron chi connectivity index (χ4n) is 8.52. The van der Waals surface area contributed by atoms with Crippen molar-refractivity contribution in [1.82, 2.24) is 35.2 Å². The van der Waals surface area contributed by atoms with Gasteiger partial charge in [-0.2, -0.15) is 0 Å². The smallest absolute Gasteiger partial charge is 0.329 e. The maximum atomic E-state index is 15.0. The fraction of sp³-hybridized carbons (Fsp3) is 0.588. The van der Waals surface area contributed by atoms with Gasteiger partial charge < -0.3 is 40.0 Å². The molecule has 3 aromatic rings. The number of amides is 6. The molecule has 0 aliphatic carbocycles. The fourth-order valence-corrected chi connectivity index (χ4v) is 8.52. The highest BCUT2D eigenvalue weighted by Crippen LogP contribution is 2.26. The molecular weight excluding hydrogens is 839 g/mol. The summed E-state index contributed by atoms with van der Waals surface area (Å²) < 4.78 is 7.71. The molecule has 2 aromatic carbocycles. The zero-order valence-electron chi connectivity index (χ0n) is 41.4. The average molecular weight is 914 g/mol. The van der Waals surface area contributed by atoms with Crippen molar-refractivity contribution in [3.63, 3.8) is 0 Å². The summed E-state index contributed by atoms with van der Waals surface area (Å²) in [6.07, 6.45) is 1.61. The largest absolute Gasteiger partial charge is 0.451 e. The lowest BCUT2D eigenvalue weighted by molar-refractivity contribution is -0.162. The SMILES string of the molecule is CC(C)C[C@@H]1NC(=O)[C@H](Cc2cn(Cc3ccccc3)c3ccccc23)N(C)C(=O)[C@H](CC(C)C)NC(=O)[C@H](CC(C)C)N(C)C(=O)[C@H](CC(C)C)NC(=O)[C@@H](C)OC(=O)[C@H](C)N(C)C1=O. The van der Waals surface area contributed by atoms with Gasteiger partial charge in [-0.25, -0.2) is 4.79 Å². The van der Waals surface area contributed by atoms with Crippen LogP contribution in [0.5, 0.6) is 0 Å². The molecule has 0 unspecified atom stereocenters. The number of carbonyl (C=O) groups is 7. The van der Waals surface area contributed by atoms with Gasteiger partial charge >= 0.3 is 5.97 Å². The van der Waals surface area contributed by atoms with E-state index in [1.165, 1.54) is 49.7 Å². The van der Waals surface area contributed by atoms with Gasteiger partial charge in [0.1, 0.15) is 36.3 Å². The second-order valence-electron chi connectivity index (χ2n) is 19.8. The first-order chi connectivity index (χ1) is 31.0. The van der Waals surface area contributed by atoms with Gasteiger partial charge in [-0.15, -0.1) is 0 Å². The molecule has 2 heterocycles. The molecule has 0 saturated carbocycles. The van der Waals surface area contributed by atoms with Crippen LogP contribution in [0.25, 0.3) is 10.9 Å². The molecule has 0 bridgehead atoms. The van der Waals surface area contributed by atoms with Gasteiger partial charge in [0, 0.05) is 51.2 Å². The summed E-state index contributed by atoms with van der Waals surface area (Å²) in [4.78, 5) is 104. The maximum absolute atomic E-state index is 15.0. The minimum atomic E-state index is -1.34. The minimum Gasteiger partial charge on any atom is -0.451 e. The number of rotatable bonds is 12. The van der Waals surface area contributed by atoms with Crippen molar-refractivity contribution in [2.45, 2.75) is 150 Å². The molecule has 1 fully saturated rings. The van der Waals surface area contributed by atoms with E-state index < -0.39 is 83.8 Å². The van der Waals surface area contributed by atoms with Crippen molar-refractivity contribution < 1.29 is 38.3 Å². The van der Waals surface area contributed by atoms with Gasteiger partial charge in [0.05, 0.1) is 0 Å². The van der Waals surface area contributed by atoms with Crippen molar-refractivity contribution in [3.05, 3.63) is 71.9 Å². The summed E-state index contributed by atoms with van der Waals surface area (Å²) in [5, 5.41) is 9.60. The lowest BCUT2D eigenvalue weighted by atomic mass is 9.96. The predicted octanol–water partition coefficient (Wildman–Crippen LogP) is 5.32. The third kappa shape index (κ3) is 13.9. The first-order valence-corrected chi connectivity index (χ1v) is 23.5. The van der Waals surface area contributed by atoms with Crippen LogP contribution in [0.4, 0.5) is 0 Å². The van der Waals surface area contributed by atoms with Crippen molar-refractivity contribution in [3.8, 4) is 0 Å². The summed E-state index contributed by atoms with van der Waals surface area (Å²) in [5.41, 5.74) is 2.81. The molecule has 15 heteroatoms. The molecule has 1 aliphatic rings. The topological polar surface area (TPSA) is 179 Å². The van der Waals surface area contributed by atoms with Crippen LogP contribution in [-0.2, 0) is 51.3 Å². The number of fused-ring (bicyclic) bond motifs is 1. The van der Waals surface area contributed by atoms with Crippen LogP contribution in [-0.4, -0.2) is 124 Å². The second-order valence-corrected chi connectivity index (χ2v) is 19.8. The number of benzene rings is 2. The van der Waals surface area contributed by atoms with Gasteiger partial charge in [0.15, 0.2) is 6.10 Å². The lowest BCUT2D eigenvalue weighted by Gasteiger charge is -2.35. The molecule has 6 amide bonds. The van der Waals surface area contributed by atoms with E-state index in [0.717, 1.165) is 22.0 Å². The van der Waals surface area contributed by atoms with Crippen LogP contribution in [0.2, 0.25) is 0 Å². The molecule has 3 N–H and O–H groups in total. The molecule has 4 rings (SSSR count). The summed E-state index contributed by atoms with van der Waals surface area (Å²) in [6, 6.07) is 11.2. The number of likely N-dealkylation sites (N-methyl/N-ethyl adjacent to an activating group) is 3. The zero-order valence-corrected chi connectivity index (χ0v) is 41.4. The number of aromatic nitrogens is 1. The third-order valence-electron chi connectivity index (χ3n) is 12.3. The predicted molar refractivity (Wildman–Crippen MR) is 256 cm³/mol. The van der Waals surface area contributed by atoms with E-state index in [4.69, 9.17) is 4.74 Å². The summed E-state index contributed by atoms with van der Waals surface area (Å²) >= 11 is 0. The van der Waals surface area contributed by atoms with Crippen molar-refractivity contribution in [2.75, 3.05) is 21.1 Å². The first-order valence-electron chi connectivity index (χ1n) is 23.5. The Kier molecular flexibility index (Phi) is 18.9. The molecular formula is C51H75N7O8. The number of para-hydroxylation sites is 1. The third-order valence-corrected chi connectivity index (χ3v) is 12.3. The average Bonchev–Trinajstić information content (AvgIpc) is 3.60. The molecule has 0 spiro atoms. The number of ether oxygens (including phenoxy) is 1. The van der Waals surface area contributed by atoms with Gasteiger partial charge in [-0.05, 0) is 80.4 Å². The highest BCUT2D eigenvalue weighted by atomic mass is 16.5. The number of hydrogen-bond acceptors (Lipinski definition) is 8. The van der Waals surface area contributed by atoms with Crippen molar-refractivity contribution in [1.29, 1.82) is 0 Å². The molecule has 1 saturated heterocycles. The van der Waals surface area contributed by atoms with Crippen LogP contribution in [0.1, 0.15) is 106 Å². The van der Waals surface area contributed by atoms with E-state index in [2.05, 4.69) is 20.5 Å². The number of carbonyl (C=O) groups excluding carboxylic acids is 7. The van der Waals surface area contributed by atoms with Crippen LogP contribution in [0.3, 0.4) is 0 Å². The highest BCUT2D eigenvalue weighted by Gasteiger charge is 2.40. The van der Waals surface area contributed by atoms with E-state index in [-0.39, 0.29) is 55.8 Å². The Morgan fingerprint density at radius 3 is 1.50 bits per heavy atom. The Hall–Kier alpha value is -5.73. The van der Waals surface area contributed by atoms with Crippen LogP contribution in [0.15, 0.2) is 60.8 Å². The quantitative estimate of drug-likeness (QED) is 0.205. The number of nitrogens with zero attached hydrogens (tertiary/aromatic N) is 4. The molecule has 7 atom stereocenters. The Labute approximate surface area is 391 Å². The monoisotopic (exact) mass is 914 g/mol. The van der Waals surface area contributed by atoms with Gasteiger partial charge in [0.2, 0.25) is 29.5 Å². The summed E-state index contributed by atoms with van der Waals surface area (Å²) in [5.74, 6) is -4.61. The first kappa shape index (κ1) is 52.9. The van der Waals surface area contributed by atoms with E-state index in [1.807, 2.05) is 116 Å². The van der Waals surface area contributed by atoms with E-state index in [0.29, 0.717) is 6.54 Å². The van der Waals surface area contributed by atoms with E-state index in [1.54, 1.807) is 0 Å².